The molecule has 2 atom stereocenters. The molecule has 0 unspecified atom stereocenters. The van der Waals surface area contributed by atoms with Crippen LogP contribution in [0.4, 0.5) is 0 Å². The van der Waals surface area contributed by atoms with Gasteiger partial charge in [0.05, 0.1) is 25.3 Å². The summed E-state index contributed by atoms with van der Waals surface area (Å²) < 4.78 is 6.41. The number of nitrogens with zero attached hydrogens (tertiary/aromatic N) is 1. The number of carbonyl (C=O) groups is 1. The summed E-state index contributed by atoms with van der Waals surface area (Å²) in [6, 6.07) is 5.50. The van der Waals surface area contributed by atoms with Crippen LogP contribution in [0, 0.1) is 3.57 Å². The molecular formula is C16H17IN2O3. The minimum absolute atomic E-state index is 0.0396. The molecule has 6 heteroatoms. The molecule has 1 aliphatic rings. The molecule has 2 heterocycles. The van der Waals surface area contributed by atoms with Crippen LogP contribution < -0.4 is 5.43 Å². The molecule has 0 spiro atoms. The van der Waals surface area contributed by atoms with E-state index in [2.05, 4.69) is 27.6 Å². The van der Waals surface area contributed by atoms with Gasteiger partial charge in [-0.05, 0) is 54.6 Å². The van der Waals surface area contributed by atoms with Crippen LogP contribution in [-0.4, -0.2) is 41.1 Å². The molecule has 3 rings (SSSR count). The van der Waals surface area contributed by atoms with Crippen molar-refractivity contribution in [2.45, 2.75) is 25.9 Å². The lowest BCUT2D eigenvalue weighted by atomic mass is 10.1. The van der Waals surface area contributed by atoms with E-state index in [-0.39, 0.29) is 29.0 Å². The summed E-state index contributed by atoms with van der Waals surface area (Å²) in [6.45, 7) is 4.87. The standard InChI is InChI=1S/C16H17IN2O3/c1-9-7-22-8-10(2)19(9)16(21)13-6-18-14-4-3-11(17)5-12(14)15(13)20/h3-6,9-10H,7-8H2,1-2H3,(H,18,20)/t9-,10-/m0/s1. The highest BCUT2D eigenvalue weighted by Crippen LogP contribution is 2.18. The summed E-state index contributed by atoms with van der Waals surface area (Å²) in [7, 11) is 0. The van der Waals surface area contributed by atoms with Gasteiger partial charge in [-0.25, -0.2) is 0 Å². The molecule has 1 N–H and O–H groups in total. The van der Waals surface area contributed by atoms with Crippen LogP contribution in [0.25, 0.3) is 10.9 Å². The Labute approximate surface area is 141 Å². The summed E-state index contributed by atoms with van der Waals surface area (Å²) in [5, 5.41) is 0.548. The van der Waals surface area contributed by atoms with E-state index in [9.17, 15) is 9.59 Å². The van der Waals surface area contributed by atoms with Crippen LogP contribution in [0.3, 0.4) is 0 Å². The summed E-state index contributed by atoms with van der Waals surface area (Å²) >= 11 is 2.16. The van der Waals surface area contributed by atoms with Crippen molar-refractivity contribution in [1.82, 2.24) is 9.88 Å². The van der Waals surface area contributed by atoms with Crippen molar-refractivity contribution in [2.75, 3.05) is 13.2 Å². The number of hydrogen-bond acceptors (Lipinski definition) is 3. The van der Waals surface area contributed by atoms with E-state index in [1.165, 1.54) is 6.20 Å². The second-order valence-electron chi connectivity index (χ2n) is 5.67. The maximum atomic E-state index is 12.8. The normalized spacial score (nSPS) is 22.0. The third kappa shape index (κ3) is 2.65. The van der Waals surface area contributed by atoms with Crippen molar-refractivity contribution in [3.05, 3.63) is 43.8 Å². The number of H-pyrrole nitrogens is 1. The molecule has 0 aliphatic carbocycles. The molecule has 1 fully saturated rings. The molecule has 1 aromatic carbocycles. The molecule has 0 saturated carbocycles. The summed E-state index contributed by atoms with van der Waals surface area (Å²) in [5.74, 6) is -0.231. The smallest absolute Gasteiger partial charge is 0.259 e. The Bertz CT molecular complexity index is 777. The number of ether oxygens (including phenoxy) is 1. The van der Waals surface area contributed by atoms with Crippen LogP contribution >= 0.6 is 22.6 Å². The number of benzene rings is 1. The Morgan fingerprint density at radius 1 is 1.32 bits per heavy atom. The molecule has 1 amide bonds. The molecule has 22 heavy (non-hydrogen) atoms. The van der Waals surface area contributed by atoms with Crippen LogP contribution in [0.2, 0.25) is 0 Å². The minimum atomic E-state index is -0.231. The fourth-order valence-corrected chi connectivity index (χ4v) is 3.38. The average molecular weight is 412 g/mol. The molecule has 0 radical (unpaired) electrons. The molecule has 1 aliphatic heterocycles. The summed E-state index contributed by atoms with van der Waals surface area (Å²) in [6.07, 6.45) is 1.52. The highest BCUT2D eigenvalue weighted by Gasteiger charge is 2.31. The topological polar surface area (TPSA) is 62.4 Å². The number of amides is 1. The average Bonchev–Trinajstić information content (AvgIpc) is 2.48. The summed E-state index contributed by atoms with van der Waals surface area (Å²) in [4.78, 5) is 30.3. The number of aromatic nitrogens is 1. The van der Waals surface area contributed by atoms with Gasteiger partial charge in [-0.15, -0.1) is 0 Å². The number of aromatic amines is 1. The fraction of sp³-hybridized carbons (Fsp3) is 0.375. The number of hydrogen-bond donors (Lipinski definition) is 1. The molecule has 2 aromatic rings. The predicted molar refractivity (Wildman–Crippen MR) is 93.2 cm³/mol. The van der Waals surface area contributed by atoms with Gasteiger partial charge in [0.15, 0.2) is 0 Å². The monoisotopic (exact) mass is 412 g/mol. The number of morpholine rings is 1. The highest BCUT2D eigenvalue weighted by atomic mass is 127. The third-order valence-corrected chi connectivity index (χ3v) is 4.65. The first-order valence-corrected chi connectivity index (χ1v) is 8.28. The fourth-order valence-electron chi connectivity index (χ4n) is 2.89. The van der Waals surface area contributed by atoms with E-state index < -0.39 is 0 Å². The van der Waals surface area contributed by atoms with Gasteiger partial charge in [0.1, 0.15) is 5.56 Å². The Hall–Kier alpha value is -1.41. The van der Waals surface area contributed by atoms with Crippen LogP contribution in [0.1, 0.15) is 24.2 Å². The molecule has 1 saturated heterocycles. The predicted octanol–water partition coefficient (Wildman–Crippen LogP) is 2.38. The van der Waals surface area contributed by atoms with Crippen LogP contribution in [0.15, 0.2) is 29.2 Å². The zero-order valence-corrected chi connectivity index (χ0v) is 14.6. The van der Waals surface area contributed by atoms with Gasteiger partial charge in [-0.3, -0.25) is 9.59 Å². The first kappa shape index (κ1) is 15.5. The maximum Gasteiger partial charge on any atom is 0.259 e. The Morgan fingerprint density at radius 3 is 2.68 bits per heavy atom. The first-order chi connectivity index (χ1) is 10.5. The zero-order chi connectivity index (χ0) is 15.9. The number of carbonyl (C=O) groups excluding carboxylic acids is 1. The van der Waals surface area contributed by atoms with Crippen LogP contribution in [0.5, 0.6) is 0 Å². The minimum Gasteiger partial charge on any atom is -0.377 e. The Morgan fingerprint density at radius 2 is 2.00 bits per heavy atom. The quantitative estimate of drug-likeness (QED) is 0.732. The molecule has 0 bridgehead atoms. The number of pyridine rings is 1. The second kappa shape index (κ2) is 6.00. The Balaban J connectivity index is 2.08. The van der Waals surface area contributed by atoms with E-state index in [4.69, 9.17) is 4.74 Å². The number of fused-ring (bicyclic) bond motifs is 1. The van der Waals surface area contributed by atoms with E-state index in [1.807, 2.05) is 26.0 Å². The van der Waals surface area contributed by atoms with Crippen molar-refractivity contribution < 1.29 is 9.53 Å². The van der Waals surface area contributed by atoms with Gasteiger partial charge in [0.25, 0.3) is 5.91 Å². The van der Waals surface area contributed by atoms with E-state index in [0.29, 0.717) is 18.6 Å². The SMILES string of the molecule is C[C@H]1COC[C@H](C)N1C(=O)c1c[nH]c2ccc(I)cc2c1=O. The molecule has 5 nitrogen and oxygen atoms in total. The first-order valence-electron chi connectivity index (χ1n) is 7.20. The van der Waals surface area contributed by atoms with Gasteiger partial charge < -0.3 is 14.6 Å². The number of rotatable bonds is 1. The number of nitrogens with one attached hydrogen (secondary N) is 1. The van der Waals surface area contributed by atoms with Gasteiger partial charge in [0, 0.05) is 20.7 Å². The lowest BCUT2D eigenvalue weighted by molar-refractivity contribution is -0.0250. The zero-order valence-electron chi connectivity index (χ0n) is 12.4. The molecular weight excluding hydrogens is 395 g/mol. The Kier molecular flexibility index (Phi) is 4.22. The van der Waals surface area contributed by atoms with E-state index in [1.54, 1.807) is 11.0 Å². The lowest BCUT2D eigenvalue weighted by Gasteiger charge is -2.38. The number of halogens is 1. The van der Waals surface area contributed by atoms with Gasteiger partial charge >= 0.3 is 0 Å². The lowest BCUT2D eigenvalue weighted by Crippen LogP contribution is -2.53. The second-order valence-corrected chi connectivity index (χ2v) is 6.91. The van der Waals surface area contributed by atoms with Crippen LogP contribution in [-0.2, 0) is 4.74 Å². The van der Waals surface area contributed by atoms with E-state index >= 15 is 0 Å². The van der Waals surface area contributed by atoms with Crippen molar-refractivity contribution in [3.8, 4) is 0 Å². The third-order valence-electron chi connectivity index (χ3n) is 3.98. The molecule has 116 valence electrons. The van der Waals surface area contributed by atoms with Crippen molar-refractivity contribution in [1.29, 1.82) is 0 Å². The highest BCUT2D eigenvalue weighted by molar-refractivity contribution is 14.1. The van der Waals surface area contributed by atoms with Gasteiger partial charge in [0.2, 0.25) is 5.43 Å². The van der Waals surface area contributed by atoms with Gasteiger partial charge in [-0.2, -0.15) is 0 Å². The maximum absolute atomic E-state index is 12.8. The van der Waals surface area contributed by atoms with Gasteiger partial charge in [-0.1, -0.05) is 0 Å². The molecule has 1 aromatic heterocycles. The summed E-state index contributed by atoms with van der Waals surface area (Å²) in [5.41, 5.74) is 0.711. The van der Waals surface area contributed by atoms with Crippen molar-refractivity contribution >= 4 is 39.4 Å². The van der Waals surface area contributed by atoms with E-state index in [0.717, 1.165) is 9.09 Å². The van der Waals surface area contributed by atoms with Crippen molar-refractivity contribution in [3.63, 3.8) is 0 Å². The van der Waals surface area contributed by atoms with Crippen molar-refractivity contribution in [2.24, 2.45) is 0 Å². The largest absolute Gasteiger partial charge is 0.377 e.